The number of anilines is 3. The van der Waals surface area contributed by atoms with Crippen molar-refractivity contribution in [1.29, 1.82) is 0 Å². The van der Waals surface area contributed by atoms with Gasteiger partial charge in [-0.25, -0.2) is 13.4 Å². The Morgan fingerprint density at radius 3 is 2.45 bits per heavy atom. The van der Waals surface area contributed by atoms with Crippen molar-refractivity contribution in [2.75, 3.05) is 41.7 Å². The molecule has 0 amide bonds. The summed E-state index contributed by atoms with van der Waals surface area (Å²) in [4.78, 5) is 11.9. The second-order valence-electron chi connectivity index (χ2n) is 6.98. The van der Waals surface area contributed by atoms with Crippen molar-refractivity contribution in [3.05, 3.63) is 36.0 Å². The van der Waals surface area contributed by atoms with E-state index in [0.717, 1.165) is 50.6 Å². The predicted molar refractivity (Wildman–Crippen MR) is 105 cm³/mol. The zero-order valence-electron chi connectivity index (χ0n) is 16.1. The van der Waals surface area contributed by atoms with Gasteiger partial charge >= 0.3 is 6.18 Å². The molecule has 0 aliphatic carbocycles. The van der Waals surface area contributed by atoms with E-state index in [4.69, 9.17) is 0 Å². The third kappa shape index (κ3) is 4.89. The van der Waals surface area contributed by atoms with E-state index in [0.29, 0.717) is 17.8 Å². The first-order valence-electron chi connectivity index (χ1n) is 9.07. The summed E-state index contributed by atoms with van der Waals surface area (Å²) in [7, 11) is -0.863. The van der Waals surface area contributed by atoms with Crippen LogP contribution in [-0.2, 0) is 16.2 Å². The van der Waals surface area contributed by atoms with Crippen molar-refractivity contribution in [3.8, 4) is 0 Å². The predicted octanol–water partition coefficient (Wildman–Crippen LogP) is 3.35. The number of sulfonamides is 1. The van der Waals surface area contributed by atoms with Crippen molar-refractivity contribution >= 4 is 27.5 Å². The summed E-state index contributed by atoms with van der Waals surface area (Å²) in [5.41, 5.74) is -0.946. The lowest BCUT2D eigenvalue weighted by molar-refractivity contribution is -0.137. The minimum absolute atomic E-state index is 0.0909. The van der Waals surface area contributed by atoms with E-state index in [-0.39, 0.29) is 5.69 Å². The SMILES string of the molecule is CN(C)c1nc(N2CCCCC2)ncc1NS(=O)(=O)c1cccc(C(F)(F)F)c1. The maximum absolute atomic E-state index is 12.9. The molecule has 0 radical (unpaired) electrons. The molecule has 1 fully saturated rings. The molecule has 1 aliphatic heterocycles. The van der Waals surface area contributed by atoms with Gasteiger partial charge < -0.3 is 9.80 Å². The van der Waals surface area contributed by atoms with E-state index in [2.05, 4.69) is 14.7 Å². The quantitative estimate of drug-likeness (QED) is 0.785. The minimum Gasteiger partial charge on any atom is -0.361 e. The smallest absolute Gasteiger partial charge is 0.361 e. The number of nitrogens with zero attached hydrogens (tertiary/aromatic N) is 4. The van der Waals surface area contributed by atoms with Gasteiger partial charge in [0.1, 0.15) is 5.69 Å². The highest BCUT2D eigenvalue weighted by atomic mass is 32.2. The van der Waals surface area contributed by atoms with Crippen LogP contribution in [0.2, 0.25) is 0 Å². The molecule has 158 valence electrons. The lowest BCUT2D eigenvalue weighted by Crippen LogP contribution is -2.31. The van der Waals surface area contributed by atoms with Crippen LogP contribution in [0, 0.1) is 0 Å². The van der Waals surface area contributed by atoms with E-state index in [9.17, 15) is 21.6 Å². The molecule has 1 aromatic carbocycles. The Bertz CT molecular complexity index is 974. The molecule has 2 heterocycles. The van der Waals surface area contributed by atoms with Crippen LogP contribution in [0.1, 0.15) is 24.8 Å². The summed E-state index contributed by atoms with van der Waals surface area (Å²) in [5.74, 6) is 0.826. The van der Waals surface area contributed by atoms with Gasteiger partial charge in [-0.2, -0.15) is 18.2 Å². The van der Waals surface area contributed by atoms with Crippen LogP contribution < -0.4 is 14.5 Å². The molecule has 0 bridgehead atoms. The van der Waals surface area contributed by atoms with Crippen molar-refractivity contribution in [1.82, 2.24) is 9.97 Å². The van der Waals surface area contributed by atoms with E-state index >= 15 is 0 Å². The summed E-state index contributed by atoms with van der Waals surface area (Å²) < 4.78 is 66.5. The average Bonchev–Trinajstić information content (AvgIpc) is 2.68. The summed E-state index contributed by atoms with van der Waals surface area (Å²) >= 11 is 0. The number of aromatic nitrogens is 2. The molecule has 0 atom stereocenters. The Morgan fingerprint density at radius 2 is 1.83 bits per heavy atom. The third-order valence-electron chi connectivity index (χ3n) is 4.53. The first-order valence-corrected chi connectivity index (χ1v) is 10.6. The maximum atomic E-state index is 12.9. The Morgan fingerprint density at radius 1 is 1.14 bits per heavy atom. The van der Waals surface area contributed by atoms with Crippen LogP contribution in [0.3, 0.4) is 0 Å². The summed E-state index contributed by atoms with van der Waals surface area (Å²) in [5, 5.41) is 0. The molecular formula is C18H22F3N5O2S. The highest BCUT2D eigenvalue weighted by Crippen LogP contribution is 2.32. The van der Waals surface area contributed by atoms with Gasteiger partial charge in [0.15, 0.2) is 5.82 Å². The molecule has 1 aliphatic rings. The van der Waals surface area contributed by atoms with Crippen LogP contribution in [0.5, 0.6) is 0 Å². The van der Waals surface area contributed by atoms with E-state index < -0.39 is 26.7 Å². The number of rotatable bonds is 5. The van der Waals surface area contributed by atoms with Gasteiger partial charge in [-0.3, -0.25) is 4.72 Å². The van der Waals surface area contributed by atoms with E-state index in [1.165, 1.54) is 6.20 Å². The third-order valence-corrected chi connectivity index (χ3v) is 5.90. The topological polar surface area (TPSA) is 78.4 Å². The van der Waals surface area contributed by atoms with Gasteiger partial charge in [-0.05, 0) is 37.5 Å². The molecular weight excluding hydrogens is 407 g/mol. The standard InChI is InChI=1S/C18H22F3N5O2S/c1-25(2)16-15(12-22-17(23-16)26-9-4-3-5-10-26)24-29(27,28)14-8-6-7-13(11-14)18(19,20)21/h6-8,11-12,24H,3-5,9-10H2,1-2H3. The van der Waals surface area contributed by atoms with Crippen LogP contribution in [-0.4, -0.2) is 45.6 Å². The van der Waals surface area contributed by atoms with Crippen LogP contribution >= 0.6 is 0 Å². The van der Waals surface area contributed by atoms with Crippen molar-refractivity contribution in [2.45, 2.75) is 30.3 Å². The number of halogens is 3. The zero-order valence-corrected chi connectivity index (χ0v) is 16.9. The maximum Gasteiger partial charge on any atom is 0.416 e. The number of nitrogens with one attached hydrogen (secondary N) is 1. The largest absolute Gasteiger partial charge is 0.416 e. The highest BCUT2D eigenvalue weighted by Gasteiger charge is 2.32. The van der Waals surface area contributed by atoms with Gasteiger partial charge in [-0.15, -0.1) is 0 Å². The molecule has 11 heteroatoms. The van der Waals surface area contributed by atoms with Gasteiger partial charge in [0, 0.05) is 27.2 Å². The first-order chi connectivity index (χ1) is 13.6. The van der Waals surface area contributed by atoms with Gasteiger partial charge in [0.25, 0.3) is 10.0 Å². The molecule has 0 spiro atoms. The molecule has 1 aromatic heterocycles. The number of hydrogen-bond acceptors (Lipinski definition) is 6. The van der Waals surface area contributed by atoms with E-state index in [1.54, 1.807) is 19.0 Å². The lowest BCUT2D eigenvalue weighted by atomic mass is 10.1. The molecule has 3 rings (SSSR count). The Balaban J connectivity index is 1.92. The Hall–Kier alpha value is -2.56. The highest BCUT2D eigenvalue weighted by molar-refractivity contribution is 7.92. The Labute approximate surface area is 167 Å². The van der Waals surface area contributed by atoms with Crippen LogP contribution in [0.25, 0.3) is 0 Å². The van der Waals surface area contributed by atoms with Crippen LogP contribution in [0.15, 0.2) is 35.4 Å². The number of benzene rings is 1. The molecule has 2 aromatic rings. The van der Waals surface area contributed by atoms with Crippen molar-refractivity contribution < 1.29 is 21.6 Å². The fourth-order valence-corrected chi connectivity index (χ4v) is 4.16. The second-order valence-corrected chi connectivity index (χ2v) is 8.66. The summed E-state index contributed by atoms with van der Waals surface area (Å²) in [6, 6.07) is 3.58. The van der Waals surface area contributed by atoms with Crippen molar-refractivity contribution in [2.24, 2.45) is 0 Å². The number of hydrogen-bond donors (Lipinski definition) is 1. The monoisotopic (exact) mass is 429 g/mol. The molecule has 0 unspecified atom stereocenters. The molecule has 1 N–H and O–H groups in total. The molecule has 7 nitrogen and oxygen atoms in total. The minimum atomic E-state index is -4.64. The van der Waals surface area contributed by atoms with Gasteiger partial charge in [-0.1, -0.05) is 6.07 Å². The van der Waals surface area contributed by atoms with Gasteiger partial charge in [0.2, 0.25) is 5.95 Å². The van der Waals surface area contributed by atoms with Crippen molar-refractivity contribution in [3.63, 3.8) is 0 Å². The zero-order chi connectivity index (χ0) is 21.2. The molecule has 29 heavy (non-hydrogen) atoms. The summed E-state index contributed by atoms with van der Waals surface area (Å²) in [6.07, 6.45) is -0.0853. The van der Waals surface area contributed by atoms with Crippen LogP contribution in [0.4, 0.5) is 30.6 Å². The Kier molecular flexibility index (Phi) is 5.87. The number of alkyl halides is 3. The average molecular weight is 429 g/mol. The molecule has 0 saturated carbocycles. The fraction of sp³-hybridized carbons (Fsp3) is 0.444. The van der Waals surface area contributed by atoms with E-state index in [1.807, 2.05) is 4.90 Å². The second kappa shape index (κ2) is 8.05. The first kappa shape index (κ1) is 21.2. The normalized spacial score (nSPS) is 15.3. The fourth-order valence-electron chi connectivity index (χ4n) is 3.07. The lowest BCUT2D eigenvalue weighted by Gasteiger charge is -2.28. The number of piperidine rings is 1. The molecule has 1 saturated heterocycles. The summed E-state index contributed by atoms with van der Waals surface area (Å²) in [6.45, 7) is 1.64. The van der Waals surface area contributed by atoms with Gasteiger partial charge in [0.05, 0.1) is 16.7 Å².